The third-order valence-electron chi connectivity index (χ3n) is 5.35. The van der Waals surface area contributed by atoms with E-state index in [9.17, 15) is 4.79 Å². The minimum absolute atomic E-state index is 0.0228. The lowest BCUT2D eigenvalue weighted by Gasteiger charge is -2.31. The van der Waals surface area contributed by atoms with Gasteiger partial charge in [0.25, 0.3) is 0 Å². The molecule has 170 valence electrons. The van der Waals surface area contributed by atoms with Crippen LogP contribution in [-0.4, -0.2) is 45.5 Å². The molecule has 0 radical (unpaired) electrons. The highest BCUT2D eigenvalue weighted by Gasteiger charge is 2.22. The largest absolute Gasteiger partial charge is 0.339 e. The molecule has 3 rings (SSSR count). The van der Waals surface area contributed by atoms with E-state index in [1.54, 1.807) is 13.0 Å². The number of likely N-dealkylation sites (tertiary alicyclic amines) is 1. The van der Waals surface area contributed by atoms with Crippen LogP contribution in [0, 0.1) is 12.8 Å². The van der Waals surface area contributed by atoms with Crippen molar-refractivity contribution in [2.75, 3.05) is 13.1 Å². The molecule has 32 heavy (non-hydrogen) atoms. The minimum Gasteiger partial charge on any atom is -0.339 e. The van der Waals surface area contributed by atoms with Gasteiger partial charge in [0.1, 0.15) is 0 Å². The van der Waals surface area contributed by atoms with Gasteiger partial charge in [0.05, 0.1) is 6.42 Å². The Morgan fingerprint density at radius 3 is 2.66 bits per heavy atom. The van der Waals surface area contributed by atoms with E-state index in [0.29, 0.717) is 29.1 Å². The van der Waals surface area contributed by atoms with Crippen LogP contribution in [0.3, 0.4) is 0 Å². The second-order valence-electron chi connectivity index (χ2n) is 8.44. The zero-order valence-corrected chi connectivity index (χ0v) is 19.9. The van der Waals surface area contributed by atoms with Crippen LogP contribution in [0.15, 0.2) is 39.0 Å². The maximum Gasteiger partial charge on any atom is 0.246 e. The maximum absolute atomic E-state index is 12.7. The normalized spacial score (nSPS) is 15.4. The molecule has 1 saturated heterocycles. The second-order valence-corrected chi connectivity index (χ2v) is 8.88. The number of hydrogen-bond acceptors (Lipinski definition) is 6. The standard InChI is InChI=1S/C24H30ClN5O2/c1-16(2)27-28-17(3)13-19-9-11-30(12-10-19)24(31)8-6-20-5-7-22(25)14-21(20)15-23-26-18(4)29-32-23/h5-8,14,19H,9-13,15H2,1-4H3/b8-6+,28-17+. The summed E-state index contributed by atoms with van der Waals surface area (Å²) in [6.07, 6.45) is 6.82. The van der Waals surface area contributed by atoms with E-state index < -0.39 is 0 Å². The molecule has 1 aliphatic rings. The number of aryl methyl sites for hydroxylation is 1. The fourth-order valence-corrected chi connectivity index (χ4v) is 3.93. The topological polar surface area (TPSA) is 84.0 Å². The molecule has 1 aromatic heterocycles. The van der Waals surface area contributed by atoms with Gasteiger partial charge in [0.2, 0.25) is 11.8 Å². The number of benzene rings is 1. The molecule has 2 aromatic rings. The minimum atomic E-state index is 0.0228. The van der Waals surface area contributed by atoms with Crippen LogP contribution in [0.2, 0.25) is 5.02 Å². The molecule has 0 unspecified atom stereocenters. The average molecular weight is 456 g/mol. The summed E-state index contributed by atoms with van der Waals surface area (Å²) in [5.74, 6) is 1.67. The quantitative estimate of drug-likeness (QED) is 0.329. The van der Waals surface area contributed by atoms with Crippen molar-refractivity contribution in [3.05, 3.63) is 52.1 Å². The van der Waals surface area contributed by atoms with Gasteiger partial charge in [0, 0.05) is 35.6 Å². The zero-order valence-electron chi connectivity index (χ0n) is 19.1. The van der Waals surface area contributed by atoms with Crippen molar-refractivity contribution in [1.82, 2.24) is 15.0 Å². The third kappa shape index (κ3) is 7.12. The van der Waals surface area contributed by atoms with Gasteiger partial charge >= 0.3 is 0 Å². The van der Waals surface area contributed by atoms with E-state index in [1.807, 2.05) is 49.9 Å². The van der Waals surface area contributed by atoms with Gasteiger partial charge in [-0.05, 0) is 82.2 Å². The van der Waals surface area contributed by atoms with E-state index in [2.05, 4.69) is 20.3 Å². The van der Waals surface area contributed by atoms with Crippen molar-refractivity contribution in [3.63, 3.8) is 0 Å². The SMILES string of the molecule is CC(C)=N/N=C(\C)CC1CCN(C(=O)/C=C/c2ccc(Cl)cc2Cc2nc(C)no2)CC1. The van der Waals surface area contributed by atoms with Gasteiger partial charge in [-0.2, -0.15) is 15.2 Å². The molecule has 7 nitrogen and oxygen atoms in total. The molecule has 0 aliphatic carbocycles. The predicted molar refractivity (Wildman–Crippen MR) is 128 cm³/mol. The summed E-state index contributed by atoms with van der Waals surface area (Å²) in [5, 5.41) is 12.9. The zero-order chi connectivity index (χ0) is 23.1. The summed E-state index contributed by atoms with van der Waals surface area (Å²) in [6, 6.07) is 5.58. The van der Waals surface area contributed by atoms with E-state index in [-0.39, 0.29) is 5.91 Å². The van der Waals surface area contributed by atoms with Crippen molar-refractivity contribution in [1.29, 1.82) is 0 Å². The molecule has 0 N–H and O–H groups in total. The number of amides is 1. The summed E-state index contributed by atoms with van der Waals surface area (Å²) in [7, 11) is 0. The maximum atomic E-state index is 12.7. The van der Waals surface area contributed by atoms with Gasteiger partial charge in [-0.25, -0.2) is 0 Å². The Kier molecular flexibility index (Phi) is 8.33. The van der Waals surface area contributed by atoms with E-state index in [0.717, 1.165) is 54.9 Å². The number of nitrogens with zero attached hydrogens (tertiary/aromatic N) is 5. The molecule has 2 heterocycles. The molecule has 0 saturated carbocycles. The lowest BCUT2D eigenvalue weighted by molar-refractivity contribution is -0.127. The number of carbonyl (C=O) groups is 1. The lowest BCUT2D eigenvalue weighted by Crippen LogP contribution is -2.37. The number of halogens is 1. The molecule has 0 spiro atoms. The summed E-state index contributed by atoms with van der Waals surface area (Å²) in [6.45, 7) is 9.19. The van der Waals surface area contributed by atoms with Crippen molar-refractivity contribution < 1.29 is 9.32 Å². The van der Waals surface area contributed by atoms with E-state index in [1.165, 1.54) is 0 Å². The number of carbonyl (C=O) groups excluding carboxylic acids is 1. The fraction of sp³-hybridized carbons (Fsp3) is 0.458. The fourth-order valence-electron chi connectivity index (χ4n) is 3.73. The first-order chi connectivity index (χ1) is 15.3. The van der Waals surface area contributed by atoms with Crippen LogP contribution >= 0.6 is 11.6 Å². The summed E-state index contributed by atoms with van der Waals surface area (Å²) in [5.41, 5.74) is 3.84. The van der Waals surface area contributed by atoms with Gasteiger partial charge in [-0.3, -0.25) is 4.79 Å². The average Bonchev–Trinajstić information content (AvgIpc) is 3.16. The molecule has 0 bridgehead atoms. The van der Waals surface area contributed by atoms with Crippen LogP contribution in [0.4, 0.5) is 0 Å². The van der Waals surface area contributed by atoms with Crippen molar-refractivity contribution in [2.24, 2.45) is 16.1 Å². The number of hydrogen-bond donors (Lipinski definition) is 0. The highest BCUT2D eigenvalue weighted by atomic mass is 35.5. The number of piperidine rings is 1. The van der Waals surface area contributed by atoms with Crippen LogP contribution < -0.4 is 0 Å². The first-order valence-electron chi connectivity index (χ1n) is 10.9. The molecule has 1 fully saturated rings. The van der Waals surface area contributed by atoms with Crippen molar-refractivity contribution in [2.45, 2.75) is 53.4 Å². The molecule has 8 heteroatoms. The van der Waals surface area contributed by atoms with Crippen LogP contribution in [0.1, 0.15) is 62.9 Å². The number of rotatable bonds is 7. The lowest BCUT2D eigenvalue weighted by atomic mass is 9.92. The molecule has 1 amide bonds. The molecule has 1 aliphatic heterocycles. The Morgan fingerprint density at radius 1 is 1.25 bits per heavy atom. The van der Waals surface area contributed by atoms with Crippen LogP contribution in [0.5, 0.6) is 0 Å². The van der Waals surface area contributed by atoms with Crippen LogP contribution in [0.25, 0.3) is 6.08 Å². The van der Waals surface area contributed by atoms with Crippen molar-refractivity contribution in [3.8, 4) is 0 Å². The Morgan fingerprint density at radius 2 is 2.00 bits per heavy atom. The Bertz CT molecular complexity index is 1030. The summed E-state index contributed by atoms with van der Waals surface area (Å²) in [4.78, 5) is 18.9. The summed E-state index contributed by atoms with van der Waals surface area (Å²) < 4.78 is 5.23. The van der Waals surface area contributed by atoms with Gasteiger partial charge in [0.15, 0.2) is 5.82 Å². The second kappa shape index (κ2) is 11.2. The Hall–Kier alpha value is -2.80. The van der Waals surface area contributed by atoms with Crippen molar-refractivity contribution >= 4 is 35.0 Å². The Labute approximate surface area is 194 Å². The van der Waals surface area contributed by atoms with Gasteiger partial charge in [-0.1, -0.05) is 22.8 Å². The van der Waals surface area contributed by atoms with E-state index >= 15 is 0 Å². The van der Waals surface area contributed by atoms with Gasteiger partial charge < -0.3 is 9.42 Å². The molecular formula is C24H30ClN5O2. The summed E-state index contributed by atoms with van der Waals surface area (Å²) >= 11 is 6.18. The first kappa shape index (κ1) is 23.9. The third-order valence-corrected chi connectivity index (χ3v) is 5.59. The molecular weight excluding hydrogens is 426 g/mol. The Balaban J connectivity index is 1.58. The monoisotopic (exact) mass is 455 g/mol. The highest BCUT2D eigenvalue weighted by Crippen LogP contribution is 2.23. The van der Waals surface area contributed by atoms with E-state index in [4.69, 9.17) is 16.1 Å². The molecule has 0 atom stereocenters. The highest BCUT2D eigenvalue weighted by molar-refractivity contribution is 6.30. The first-order valence-corrected chi connectivity index (χ1v) is 11.3. The van der Waals surface area contributed by atoms with Gasteiger partial charge in [-0.15, -0.1) is 0 Å². The predicted octanol–water partition coefficient (Wildman–Crippen LogP) is 5.12. The smallest absolute Gasteiger partial charge is 0.246 e. The molecule has 1 aromatic carbocycles. The number of aromatic nitrogens is 2. The van der Waals surface area contributed by atoms with Crippen LogP contribution in [-0.2, 0) is 11.2 Å².